The summed E-state index contributed by atoms with van der Waals surface area (Å²) in [5, 5.41) is 11.6. The van der Waals surface area contributed by atoms with Gasteiger partial charge in [-0.1, -0.05) is 138 Å². The van der Waals surface area contributed by atoms with E-state index in [9.17, 15) is 19.5 Å². The fourth-order valence-corrected chi connectivity index (χ4v) is 5.50. The van der Waals surface area contributed by atoms with Gasteiger partial charge in [0.2, 0.25) is 0 Å². The molecular formula is C45H75NO7. The van der Waals surface area contributed by atoms with Crippen molar-refractivity contribution >= 4 is 17.9 Å². The molecule has 0 aliphatic carbocycles. The van der Waals surface area contributed by atoms with E-state index in [0.29, 0.717) is 6.42 Å². The van der Waals surface area contributed by atoms with Crippen LogP contribution in [0.3, 0.4) is 0 Å². The fraction of sp³-hybridized carbons (Fsp3) is 0.667. The smallest absolute Gasteiger partial charge is 0.310 e. The van der Waals surface area contributed by atoms with Crippen molar-refractivity contribution in [3.8, 4) is 0 Å². The van der Waals surface area contributed by atoms with Crippen molar-refractivity contribution in [2.24, 2.45) is 0 Å². The molecule has 0 radical (unpaired) electrons. The molecule has 0 aliphatic heterocycles. The lowest BCUT2D eigenvalue weighted by atomic mass is 10.1. The van der Waals surface area contributed by atoms with Crippen molar-refractivity contribution in [2.45, 2.75) is 154 Å². The molecule has 8 heteroatoms. The summed E-state index contributed by atoms with van der Waals surface area (Å²) < 4.78 is 17.0. The van der Waals surface area contributed by atoms with Gasteiger partial charge in [-0.2, -0.15) is 0 Å². The van der Waals surface area contributed by atoms with Crippen LogP contribution < -0.4 is 5.11 Å². The number of carboxylic acids is 1. The predicted octanol–water partition coefficient (Wildman–Crippen LogP) is 9.46. The zero-order valence-corrected chi connectivity index (χ0v) is 34.2. The van der Waals surface area contributed by atoms with Crippen molar-refractivity contribution in [3.05, 3.63) is 72.9 Å². The number of carboxylic acid groups (broad SMARTS) is 1. The molecule has 8 nitrogen and oxygen atoms in total. The van der Waals surface area contributed by atoms with Crippen molar-refractivity contribution in [3.63, 3.8) is 0 Å². The third kappa shape index (κ3) is 34.3. The minimum atomic E-state index is -1.14. The van der Waals surface area contributed by atoms with Gasteiger partial charge in [0.05, 0.1) is 46.7 Å². The molecule has 2 atom stereocenters. The Bertz CT molecular complexity index is 1100. The highest BCUT2D eigenvalue weighted by Gasteiger charge is 2.25. The summed E-state index contributed by atoms with van der Waals surface area (Å²) in [6.07, 6.45) is 44.0. The maximum absolute atomic E-state index is 12.5. The number of carbonyl (C=O) groups is 3. The monoisotopic (exact) mass is 742 g/mol. The first-order chi connectivity index (χ1) is 25.6. The summed E-state index contributed by atoms with van der Waals surface area (Å²) in [7, 11) is 5.36. The van der Waals surface area contributed by atoms with E-state index in [1.807, 2.05) is 12.2 Å². The Morgan fingerprint density at radius 1 is 0.585 bits per heavy atom. The summed E-state index contributed by atoms with van der Waals surface area (Å²) in [4.78, 5) is 36.6. The molecule has 0 heterocycles. The predicted molar refractivity (Wildman–Crippen MR) is 217 cm³/mol. The highest BCUT2D eigenvalue weighted by molar-refractivity contribution is 5.71. The van der Waals surface area contributed by atoms with Gasteiger partial charge in [0.25, 0.3) is 0 Å². The van der Waals surface area contributed by atoms with Crippen molar-refractivity contribution < 1.29 is 38.2 Å². The summed E-state index contributed by atoms with van der Waals surface area (Å²) >= 11 is 0. The number of hydrogen-bond acceptors (Lipinski definition) is 7. The number of unbranched alkanes of at least 4 members (excludes halogenated alkanes) is 10. The lowest BCUT2D eigenvalue weighted by molar-refractivity contribution is -0.889. The number of rotatable bonds is 35. The van der Waals surface area contributed by atoms with Crippen LogP contribution in [-0.4, -0.2) is 75.5 Å². The molecule has 0 saturated carbocycles. The van der Waals surface area contributed by atoms with E-state index in [4.69, 9.17) is 14.2 Å². The standard InChI is InChI=1S/C45H75NO7/c1-6-8-10-12-14-16-17-18-19-20-21-22-23-24-25-26-28-29-31-33-35-43(47)52-40-41(39-51-38-37-42(45(49)50)46(3,4)5)53-44(48)36-34-32-30-27-15-13-11-9-7-2/h8-11,14-16,18-19,27,32,34,41-42H,6-7,12-13,17,20-26,28-31,33,35-40H2,1-5H3/b10-8+,11-9+,16-14+,19-18+,27-15+,34-32+. The SMILES string of the molecule is CC/C=C/C/C=C/C/C=C/CCCCCCCCCCCCC(=O)OCC(COCCC(C(=O)[O-])[N+](C)(C)C)OC(=O)C/C=C/C/C=C/C/C=C/CC. The molecule has 0 aromatic heterocycles. The van der Waals surface area contributed by atoms with E-state index in [1.165, 1.54) is 51.4 Å². The van der Waals surface area contributed by atoms with E-state index < -0.39 is 24.1 Å². The third-order valence-corrected chi connectivity index (χ3v) is 8.62. The lowest BCUT2D eigenvalue weighted by Gasteiger charge is -2.34. The topological polar surface area (TPSA) is 102 Å². The largest absolute Gasteiger partial charge is 0.544 e. The molecule has 0 aromatic rings. The van der Waals surface area contributed by atoms with Crippen LogP contribution in [0, 0.1) is 0 Å². The number of ether oxygens (including phenoxy) is 3. The molecule has 0 bridgehead atoms. The average Bonchev–Trinajstić information content (AvgIpc) is 3.11. The van der Waals surface area contributed by atoms with Crippen LogP contribution in [0.4, 0.5) is 0 Å². The molecule has 0 fully saturated rings. The second-order valence-corrected chi connectivity index (χ2v) is 14.5. The normalized spacial score (nSPS) is 13.8. The summed E-state index contributed by atoms with van der Waals surface area (Å²) in [6, 6.07) is -0.741. The van der Waals surface area contributed by atoms with Crippen LogP contribution in [0.5, 0.6) is 0 Å². The number of allylic oxidation sites excluding steroid dienone is 11. The average molecular weight is 742 g/mol. The van der Waals surface area contributed by atoms with Crippen LogP contribution in [-0.2, 0) is 28.6 Å². The number of aliphatic carboxylic acids is 1. The van der Waals surface area contributed by atoms with Crippen molar-refractivity contribution in [2.75, 3.05) is 41.0 Å². The number of quaternary nitrogens is 1. The maximum Gasteiger partial charge on any atom is 0.310 e. The van der Waals surface area contributed by atoms with Gasteiger partial charge in [-0.25, -0.2) is 0 Å². The highest BCUT2D eigenvalue weighted by Crippen LogP contribution is 2.13. The van der Waals surface area contributed by atoms with E-state index in [0.717, 1.165) is 57.8 Å². The van der Waals surface area contributed by atoms with Gasteiger partial charge in [-0.15, -0.1) is 0 Å². The molecule has 0 N–H and O–H groups in total. The zero-order chi connectivity index (χ0) is 39.3. The number of nitrogens with zero attached hydrogens (tertiary/aromatic N) is 1. The Morgan fingerprint density at radius 2 is 1.06 bits per heavy atom. The van der Waals surface area contributed by atoms with Gasteiger partial charge >= 0.3 is 11.9 Å². The molecule has 0 aliphatic rings. The minimum Gasteiger partial charge on any atom is -0.544 e. The molecule has 0 spiro atoms. The van der Waals surface area contributed by atoms with Gasteiger partial charge in [0, 0.05) is 12.8 Å². The zero-order valence-electron chi connectivity index (χ0n) is 34.2. The summed E-state index contributed by atoms with van der Waals surface area (Å²) in [5.74, 6) is -1.90. The molecule has 302 valence electrons. The van der Waals surface area contributed by atoms with Crippen LogP contribution >= 0.6 is 0 Å². The number of esters is 2. The van der Waals surface area contributed by atoms with Crippen LogP contribution in [0.1, 0.15) is 142 Å². The highest BCUT2D eigenvalue weighted by atomic mass is 16.6. The Balaban J connectivity index is 4.32. The molecular weight excluding hydrogens is 666 g/mol. The van der Waals surface area contributed by atoms with E-state index >= 15 is 0 Å². The second kappa shape index (κ2) is 35.8. The Kier molecular flexibility index (Phi) is 33.6. The Labute approximate surface area is 323 Å². The first kappa shape index (κ1) is 49.8. The molecule has 0 rings (SSSR count). The quantitative estimate of drug-likeness (QED) is 0.0276. The lowest BCUT2D eigenvalue weighted by Crippen LogP contribution is -2.55. The Morgan fingerprint density at radius 3 is 1.57 bits per heavy atom. The van der Waals surface area contributed by atoms with E-state index in [1.54, 1.807) is 27.2 Å². The van der Waals surface area contributed by atoms with Crippen LogP contribution in [0.25, 0.3) is 0 Å². The van der Waals surface area contributed by atoms with Crippen LogP contribution in [0.15, 0.2) is 72.9 Å². The third-order valence-electron chi connectivity index (χ3n) is 8.62. The first-order valence-corrected chi connectivity index (χ1v) is 20.5. The summed E-state index contributed by atoms with van der Waals surface area (Å²) in [5.41, 5.74) is 0. The van der Waals surface area contributed by atoms with E-state index in [-0.39, 0.29) is 43.1 Å². The van der Waals surface area contributed by atoms with Gasteiger partial charge < -0.3 is 28.6 Å². The molecule has 2 unspecified atom stereocenters. The van der Waals surface area contributed by atoms with Gasteiger partial charge in [0.1, 0.15) is 12.6 Å². The number of carbonyl (C=O) groups excluding carboxylic acids is 3. The van der Waals surface area contributed by atoms with Gasteiger partial charge in [-0.3, -0.25) is 9.59 Å². The second-order valence-electron chi connectivity index (χ2n) is 14.5. The van der Waals surface area contributed by atoms with E-state index in [2.05, 4.69) is 68.5 Å². The fourth-order valence-electron chi connectivity index (χ4n) is 5.50. The molecule has 0 amide bonds. The Hall–Kier alpha value is -3.23. The first-order valence-electron chi connectivity index (χ1n) is 20.5. The number of likely N-dealkylation sites (N-methyl/N-ethyl adjacent to an activating group) is 1. The van der Waals surface area contributed by atoms with Crippen LogP contribution in [0.2, 0.25) is 0 Å². The maximum atomic E-state index is 12.5. The van der Waals surface area contributed by atoms with Gasteiger partial charge in [0.15, 0.2) is 6.10 Å². The molecule has 0 aromatic carbocycles. The number of hydrogen-bond donors (Lipinski definition) is 0. The van der Waals surface area contributed by atoms with Gasteiger partial charge in [-0.05, 0) is 57.8 Å². The molecule has 53 heavy (non-hydrogen) atoms. The van der Waals surface area contributed by atoms with Crippen molar-refractivity contribution in [1.82, 2.24) is 0 Å². The molecule has 0 saturated heterocycles. The van der Waals surface area contributed by atoms with Crippen molar-refractivity contribution in [1.29, 1.82) is 0 Å². The summed E-state index contributed by atoms with van der Waals surface area (Å²) in [6.45, 7) is 4.29. The minimum absolute atomic E-state index is 0.000150.